The van der Waals surface area contributed by atoms with Crippen molar-refractivity contribution in [2.24, 2.45) is 0 Å². The van der Waals surface area contributed by atoms with Gasteiger partial charge < -0.3 is 26.2 Å². The molecular weight excluding hydrogens is 524 g/mol. The zero-order chi connectivity index (χ0) is 27.5. The second-order valence-electron chi connectivity index (χ2n) is 9.73. The number of rotatable bonds is 9. The first-order valence-electron chi connectivity index (χ1n) is 12.8. The van der Waals surface area contributed by atoms with Crippen molar-refractivity contribution < 1.29 is 19.2 Å². The number of nitrogens with zero attached hydrogens (tertiary/aromatic N) is 4. The van der Waals surface area contributed by atoms with E-state index in [1.807, 2.05) is 0 Å². The number of halogens is 1. The van der Waals surface area contributed by atoms with E-state index in [9.17, 15) is 19.2 Å². The van der Waals surface area contributed by atoms with Crippen LogP contribution in [-0.4, -0.2) is 75.0 Å². The van der Waals surface area contributed by atoms with E-state index < -0.39 is 0 Å². The summed E-state index contributed by atoms with van der Waals surface area (Å²) < 4.78 is 1.47. The van der Waals surface area contributed by atoms with Crippen LogP contribution in [0, 0.1) is 0 Å². The van der Waals surface area contributed by atoms with Crippen molar-refractivity contribution >= 4 is 57.6 Å². The number of benzene rings is 1. The van der Waals surface area contributed by atoms with Crippen LogP contribution in [0.4, 0.5) is 16.3 Å². The van der Waals surface area contributed by atoms with Crippen molar-refractivity contribution in [1.82, 2.24) is 30.3 Å². The molecule has 12 nitrogen and oxygen atoms in total. The smallest absolute Gasteiger partial charge is 0.319 e. The zero-order valence-electron chi connectivity index (χ0n) is 21.4. The highest BCUT2D eigenvalue weighted by atomic mass is 35.5. The highest BCUT2D eigenvalue weighted by Gasteiger charge is 2.34. The molecule has 1 saturated carbocycles. The van der Waals surface area contributed by atoms with Crippen LogP contribution >= 0.6 is 11.6 Å². The summed E-state index contributed by atoms with van der Waals surface area (Å²) in [6.07, 6.45) is 2.47. The van der Waals surface area contributed by atoms with E-state index in [-0.39, 0.29) is 59.6 Å². The maximum atomic E-state index is 13.3. The van der Waals surface area contributed by atoms with E-state index in [0.717, 1.165) is 32.4 Å². The van der Waals surface area contributed by atoms with Gasteiger partial charge in [0.1, 0.15) is 29.8 Å². The van der Waals surface area contributed by atoms with Gasteiger partial charge in [-0.2, -0.15) is 5.10 Å². The van der Waals surface area contributed by atoms with Gasteiger partial charge in [0, 0.05) is 36.6 Å². The molecule has 5 rings (SSSR count). The number of nitrogens with one attached hydrogen (secondary N) is 4. The van der Waals surface area contributed by atoms with Gasteiger partial charge in [-0.05, 0) is 56.1 Å². The third-order valence-electron chi connectivity index (χ3n) is 6.63. The third-order valence-corrected chi connectivity index (χ3v) is 6.84. The minimum absolute atomic E-state index is 0.0333. The number of hydrogen-bond acceptors (Lipinski definition) is 7. The Labute approximate surface area is 229 Å². The first kappa shape index (κ1) is 26.6. The van der Waals surface area contributed by atoms with Gasteiger partial charge in [-0.15, -0.1) is 0 Å². The van der Waals surface area contributed by atoms with Gasteiger partial charge >= 0.3 is 6.03 Å². The molecule has 4 amide bonds. The van der Waals surface area contributed by atoms with E-state index in [0.29, 0.717) is 22.4 Å². The van der Waals surface area contributed by atoms with E-state index >= 15 is 0 Å². The Morgan fingerprint density at radius 3 is 2.64 bits per heavy atom. The van der Waals surface area contributed by atoms with Crippen molar-refractivity contribution in [1.29, 1.82) is 0 Å². The van der Waals surface area contributed by atoms with E-state index in [1.165, 1.54) is 16.5 Å². The maximum Gasteiger partial charge on any atom is 0.319 e. The summed E-state index contributed by atoms with van der Waals surface area (Å²) in [7, 11) is 0. The topological polar surface area (TPSA) is 150 Å². The normalized spacial score (nSPS) is 16.6. The summed E-state index contributed by atoms with van der Waals surface area (Å²) >= 11 is 5.89. The van der Waals surface area contributed by atoms with Crippen LogP contribution in [-0.2, 0) is 16.1 Å². The molecule has 2 aliphatic rings. The minimum Gasteiger partial charge on any atom is -0.334 e. The Morgan fingerprint density at radius 1 is 1.13 bits per heavy atom. The van der Waals surface area contributed by atoms with Gasteiger partial charge in [0.2, 0.25) is 11.8 Å². The van der Waals surface area contributed by atoms with Crippen LogP contribution in [0.1, 0.15) is 36.7 Å². The number of aromatic nitrogens is 3. The summed E-state index contributed by atoms with van der Waals surface area (Å²) in [5.74, 6) is -0.643. The molecule has 1 aromatic carbocycles. The molecule has 0 bridgehead atoms. The molecule has 2 fully saturated rings. The number of fused-ring (bicyclic) bond motifs is 1. The number of carbonyl (C=O) groups is 4. The Balaban J connectivity index is 1.30. The lowest BCUT2D eigenvalue weighted by Crippen LogP contribution is -2.41. The lowest BCUT2D eigenvalue weighted by molar-refractivity contribution is -0.135. The van der Waals surface area contributed by atoms with Crippen LogP contribution in [0.15, 0.2) is 36.4 Å². The fourth-order valence-electron chi connectivity index (χ4n) is 4.61. The summed E-state index contributed by atoms with van der Waals surface area (Å²) in [5, 5.41) is 16.8. The second kappa shape index (κ2) is 11.4. The van der Waals surface area contributed by atoms with E-state index in [1.54, 1.807) is 36.4 Å². The van der Waals surface area contributed by atoms with E-state index in [2.05, 4.69) is 31.3 Å². The molecule has 3 aromatic rings. The number of pyridine rings is 1. The highest BCUT2D eigenvalue weighted by molar-refractivity contribution is 6.29. The number of ketones is 1. The minimum atomic E-state index is -0.387. The molecule has 1 aliphatic carbocycles. The number of carbonyl (C=O) groups excluding carboxylic acids is 4. The van der Waals surface area contributed by atoms with Gasteiger partial charge in [0.15, 0.2) is 5.78 Å². The van der Waals surface area contributed by atoms with Crippen LogP contribution in [0.2, 0.25) is 5.15 Å². The van der Waals surface area contributed by atoms with Crippen molar-refractivity contribution in [2.45, 2.75) is 44.8 Å². The predicted molar refractivity (Wildman–Crippen MR) is 146 cm³/mol. The van der Waals surface area contributed by atoms with Crippen molar-refractivity contribution in [3.8, 4) is 0 Å². The van der Waals surface area contributed by atoms with Gasteiger partial charge in [0.25, 0.3) is 0 Å². The molecule has 39 heavy (non-hydrogen) atoms. The number of anilines is 2. The number of amides is 4. The van der Waals surface area contributed by atoms with Crippen molar-refractivity contribution in [3.05, 3.63) is 47.2 Å². The van der Waals surface area contributed by atoms with Gasteiger partial charge in [0.05, 0.1) is 5.52 Å². The number of Topliss-reactive ketones (excluding diaryl/α,β-unsaturated/α-hetero) is 1. The molecule has 0 radical (unpaired) electrons. The summed E-state index contributed by atoms with van der Waals surface area (Å²) in [5.41, 5.74) is 1.28. The van der Waals surface area contributed by atoms with Gasteiger partial charge in [-0.1, -0.05) is 17.7 Å². The molecule has 204 valence electrons. The first-order chi connectivity index (χ1) is 18.8. The second-order valence-corrected chi connectivity index (χ2v) is 10.1. The van der Waals surface area contributed by atoms with Crippen molar-refractivity contribution in [2.75, 3.05) is 30.3 Å². The molecule has 4 N–H and O–H groups in total. The largest absolute Gasteiger partial charge is 0.334 e. The summed E-state index contributed by atoms with van der Waals surface area (Å²) in [4.78, 5) is 56.3. The van der Waals surface area contributed by atoms with Crippen LogP contribution in [0.25, 0.3) is 10.9 Å². The Morgan fingerprint density at radius 2 is 1.95 bits per heavy atom. The van der Waals surface area contributed by atoms with E-state index in [4.69, 9.17) is 11.6 Å². The van der Waals surface area contributed by atoms with Gasteiger partial charge in [-0.3, -0.25) is 19.1 Å². The fraction of sp³-hybridized carbons (Fsp3) is 0.385. The molecule has 3 heterocycles. The molecule has 2 aromatic heterocycles. The highest BCUT2D eigenvalue weighted by Crippen LogP contribution is 2.28. The Bertz CT molecular complexity index is 1430. The summed E-state index contributed by atoms with van der Waals surface area (Å²) in [6, 6.07) is 9.68. The molecular formula is C26H29ClN8O4. The lowest BCUT2D eigenvalue weighted by Gasteiger charge is -2.22. The standard InChI is InChI=1S/C26H29ClN8O4/c1-15(36)25-19-11-16(29-26(39)30-17-9-10-28-12-17)5-8-20(19)35(33-25)14-24(38)34(18-6-7-18)13-23(37)32-22-4-2-3-21(27)31-22/h2-5,8,11,17-18,28H,6-7,9-10,12-14H2,1H3,(H2,29,30,39)(H,31,32,37). The van der Waals surface area contributed by atoms with Crippen LogP contribution < -0.4 is 21.3 Å². The average molecular weight is 553 g/mol. The molecule has 0 spiro atoms. The monoisotopic (exact) mass is 552 g/mol. The quantitative estimate of drug-likeness (QED) is 0.235. The SMILES string of the molecule is CC(=O)c1nn(CC(=O)N(CC(=O)Nc2cccc(Cl)n2)C2CC2)c2ccc(NC(=O)NC3CCNC3)cc12. The molecule has 1 saturated heterocycles. The maximum absolute atomic E-state index is 13.3. The van der Waals surface area contributed by atoms with Crippen LogP contribution in [0.3, 0.4) is 0 Å². The molecule has 13 heteroatoms. The summed E-state index contributed by atoms with van der Waals surface area (Å²) in [6.45, 7) is 2.69. The first-order valence-corrected chi connectivity index (χ1v) is 13.2. The zero-order valence-corrected chi connectivity index (χ0v) is 22.1. The molecule has 1 atom stereocenters. The Kier molecular flexibility index (Phi) is 7.75. The molecule has 1 aliphatic heterocycles. The fourth-order valence-corrected chi connectivity index (χ4v) is 4.77. The number of urea groups is 1. The predicted octanol–water partition coefficient (Wildman–Crippen LogP) is 2.40. The number of hydrogen-bond donors (Lipinski definition) is 4. The van der Waals surface area contributed by atoms with Crippen molar-refractivity contribution in [3.63, 3.8) is 0 Å². The van der Waals surface area contributed by atoms with Crippen LogP contribution in [0.5, 0.6) is 0 Å². The average Bonchev–Trinajstić information content (AvgIpc) is 3.48. The molecule has 1 unspecified atom stereocenters. The lowest BCUT2D eigenvalue weighted by atomic mass is 10.1. The Hall–Kier alpha value is -4.03. The van der Waals surface area contributed by atoms with Gasteiger partial charge in [-0.25, -0.2) is 9.78 Å². The third kappa shape index (κ3) is 6.52.